The summed E-state index contributed by atoms with van der Waals surface area (Å²) in [6.45, 7) is 8.22. The first-order valence-corrected chi connectivity index (χ1v) is 8.24. The summed E-state index contributed by atoms with van der Waals surface area (Å²) in [4.78, 5) is 4.96. The molecule has 22 heavy (non-hydrogen) atoms. The number of hydrogen-bond acceptors (Lipinski definition) is 4. The van der Waals surface area contributed by atoms with E-state index in [1.54, 1.807) is 0 Å². The van der Waals surface area contributed by atoms with Crippen molar-refractivity contribution in [1.82, 2.24) is 15.1 Å². The van der Waals surface area contributed by atoms with Crippen molar-refractivity contribution < 1.29 is 4.74 Å². The molecule has 0 bridgehead atoms. The Morgan fingerprint density at radius 3 is 2.86 bits per heavy atom. The van der Waals surface area contributed by atoms with Crippen molar-refractivity contribution in [1.29, 1.82) is 0 Å². The highest BCUT2D eigenvalue weighted by Crippen LogP contribution is 2.32. The number of halogens is 1. The zero-order chi connectivity index (χ0) is 15.2. The maximum Gasteiger partial charge on any atom is 0.0672 e. The summed E-state index contributed by atoms with van der Waals surface area (Å²) in [5, 5.41) is 8.98. The minimum atomic E-state index is 0.229. The smallest absolute Gasteiger partial charge is 0.0672 e. The van der Waals surface area contributed by atoms with Crippen molar-refractivity contribution in [3.8, 4) is 0 Å². The van der Waals surface area contributed by atoms with E-state index in [1.807, 2.05) is 12.3 Å². The number of nitrogens with zero attached hydrogens (tertiary/aromatic N) is 3. The van der Waals surface area contributed by atoms with Crippen molar-refractivity contribution in [3.05, 3.63) is 23.4 Å². The van der Waals surface area contributed by atoms with Gasteiger partial charge >= 0.3 is 0 Å². The lowest BCUT2D eigenvalue weighted by Gasteiger charge is -2.47. The van der Waals surface area contributed by atoms with E-state index in [0.717, 1.165) is 67.4 Å². The van der Waals surface area contributed by atoms with Crippen LogP contribution in [-0.4, -0.2) is 60.0 Å². The lowest BCUT2D eigenvalue weighted by Crippen LogP contribution is -2.60. The number of anilines is 1. The molecular weight excluding hydrogens is 300 g/mol. The van der Waals surface area contributed by atoms with Crippen molar-refractivity contribution in [2.45, 2.75) is 18.9 Å². The second kappa shape index (κ2) is 5.41. The van der Waals surface area contributed by atoms with Crippen LogP contribution < -0.4 is 4.90 Å². The van der Waals surface area contributed by atoms with Crippen LogP contribution in [0.4, 0.5) is 5.69 Å². The molecule has 0 amide bonds. The molecule has 2 saturated heterocycles. The molecule has 0 atom stereocenters. The van der Waals surface area contributed by atoms with Gasteiger partial charge in [0, 0.05) is 31.6 Å². The molecular formula is C16H21ClN4O. The fraction of sp³-hybridized carbons (Fsp3) is 0.562. The third-order valence-electron chi connectivity index (χ3n) is 4.93. The van der Waals surface area contributed by atoms with Crippen LogP contribution in [-0.2, 0) is 4.74 Å². The van der Waals surface area contributed by atoms with Crippen LogP contribution in [0.1, 0.15) is 13.3 Å². The summed E-state index contributed by atoms with van der Waals surface area (Å²) in [6.07, 6.45) is 2.96. The van der Waals surface area contributed by atoms with Gasteiger partial charge in [0.15, 0.2) is 0 Å². The Kier molecular flexibility index (Phi) is 3.51. The third kappa shape index (κ3) is 2.37. The molecule has 1 aromatic heterocycles. The summed E-state index contributed by atoms with van der Waals surface area (Å²) in [5.41, 5.74) is 2.38. The van der Waals surface area contributed by atoms with E-state index in [9.17, 15) is 0 Å². The summed E-state index contributed by atoms with van der Waals surface area (Å²) in [5.74, 6) is 0. The summed E-state index contributed by atoms with van der Waals surface area (Å²) in [6, 6.07) is 4.12. The Morgan fingerprint density at radius 2 is 2.09 bits per heavy atom. The van der Waals surface area contributed by atoms with Crippen LogP contribution in [0.2, 0.25) is 5.02 Å². The first-order valence-electron chi connectivity index (χ1n) is 7.86. The van der Waals surface area contributed by atoms with E-state index < -0.39 is 0 Å². The molecule has 1 N–H and O–H groups in total. The van der Waals surface area contributed by atoms with E-state index in [0.29, 0.717) is 0 Å². The van der Waals surface area contributed by atoms with Crippen LogP contribution in [0.25, 0.3) is 10.9 Å². The van der Waals surface area contributed by atoms with E-state index in [2.05, 4.69) is 33.0 Å². The lowest BCUT2D eigenvalue weighted by molar-refractivity contribution is -0.128. The van der Waals surface area contributed by atoms with Gasteiger partial charge in [0.2, 0.25) is 0 Å². The Balaban J connectivity index is 1.55. The van der Waals surface area contributed by atoms with Crippen LogP contribution in [0.5, 0.6) is 0 Å². The number of rotatable bonds is 2. The maximum absolute atomic E-state index is 6.49. The quantitative estimate of drug-likeness (QED) is 0.923. The second-order valence-electron chi connectivity index (χ2n) is 6.58. The summed E-state index contributed by atoms with van der Waals surface area (Å²) >= 11 is 6.49. The lowest BCUT2D eigenvalue weighted by atomic mass is 9.97. The number of H-pyrrole nitrogens is 1. The van der Waals surface area contributed by atoms with Crippen molar-refractivity contribution >= 4 is 28.2 Å². The fourth-order valence-electron chi connectivity index (χ4n) is 3.47. The predicted molar refractivity (Wildman–Crippen MR) is 88.7 cm³/mol. The minimum Gasteiger partial charge on any atom is -0.377 e. The normalized spacial score (nSPS) is 22.5. The van der Waals surface area contributed by atoms with Crippen LogP contribution in [0.3, 0.4) is 0 Å². The molecule has 1 aromatic carbocycles. The maximum atomic E-state index is 6.49. The summed E-state index contributed by atoms with van der Waals surface area (Å²) < 4.78 is 5.41. The standard InChI is InChI=1S/C16H21ClN4O/c1-16(10-22-11-16)21-4-2-3-20(5-6-21)15-8-14-12(7-13(15)17)9-18-19-14/h7-9H,2-6,10-11H2,1H3,(H,18,19). The molecule has 0 saturated carbocycles. The van der Waals surface area contributed by atoms with E-state index in [-0.39, 0.29) is 5.54 Å². The highest BCUT2D eigenvalue weighted by atomic mass is 35.5. The molecule has 118 valence electrons. The van der Waals surface area contributed by atoms with Gasteiger partial charge < -0.3 is 9.64 Å². The van der Waals surface area contributed by atoms with Crippen molar-refractivity contribution in [3.63, 3.8) is 0 Å². The zero-order valence-corrected chi connectivity index (χ0v) is 13.6. The van der Waals surface area contributed by atoms with Crippen LogP contribution in [0.15, 0.2) is 18.3 Å². The Labute approximate surface area is 135 Å². The third-order valence-corrected chi connectivity index (χ3v) is 5.24. The first-order chi connectivity index (χ1) is 10.7. The van der Waals surface area contributed by atoms with Crippen molar-refractivity contribution in [2.75, 3.05) is 44.3 Å². The van der Waals surface area contributed by atoms with Gasteiger partial charge in [-0.1, -0.05) is 11.6 Å². The number of hydrogen-bond donors (Lipinski definition) is 1. The molecule has 2 aliphatic heterocycles. The number of aromatic amines is 1. The number of nitrogens with one attached hydrogen (secondary N) is 1. The van der Waals surface area contributed by atoms with E-state index >= 15 is 0 Å². The highest BCUT2D eigenvalue weighted by molar-refractivity contribution is 6.34. The summed E-state index contributed by atoms with van der Waals surface area (Å²) in [7, 11) is 0. The van der Waals surface area contributed by atoms with Gasteiger partial charge in [-0.15, -0.1) is 0 Å². The molecule has 2 aliphatic rings. The second-order valence-corrected chi connectivity index (χ2v) is 6.99. The van der Waals surface area contributed by atoms with Gasteiger partial charge in [-0.05, 0) is 25.5 Å². The highest BCUT2D eigenvalue weighted by Gasteiger charge is 2.39. The average Bonchev–Trinajstić information content (AvgIpc) is 2.78. The molecule has 0 aliphatic carbocycles. The van der Waals surface area contributed by atoms with Crippen LogP contribution >= 0.6 is 11.6 Å². The van der Waals surface area contributed by atoms with E-state index in [1.165, 1.54) is 0 Å². The van der Waals surface area contributed by atoms with Gasteiger partial charge in [-0.3, -0.25) is 10.00 Å². The molecule has 2 fully saturated rings. The number of fused-ring (bicyclic) bond motifs is 1. The molecule has 2 aromatic rings. The zero-order valence-electron chi connectivity index (χ0n) is 12.8. The molecule has 6 heteroatoms. The fourth-order valence-corrected chi connectivity index (χ4v) is 3.76. The monoisotopic (exact) mass is 320 g/mol. The Morgan fingerprint density at radius 1 is 1.23 bits per heavy atom. The SMILES string of the molecule is CC1(N2CCCN(c3cc4[nH]ncc4cc3Cl)CC2)COC1. The topological polar surface area (TPSA) is 44.4 Å². The van der Waals surface area contributed by atoms with E-state index in [4.69, 9.17) is 16.3 Å². The predicted octanol–water partition coefficient (Wildman–Crippen LogP) is 2.52. The van der Waals surface area contributed by atoms with Gasteiger partial charge in [-0.25, -0.2) is 0 Å². The van der Waals surface area contributed by atoms with Gasteiger partial charge in [-0.2, -0.15) is 5.10 Å². The number of benzene rings is 1. The van der Waals surface area contributed by atoms with Gasteiger partial charge in [0.1, 0.15) is 0 Å². The Bertz CT molecular complexity index is 682. The molecule has 0 spiro atoms. The molecule has 0 radical (unpaired) electrons. The van der Waals surface area contributed by atoms with Crippen LogP contribution in [0, 0.1) is 0 Å². The molecule has 5 nitrogen and oxygen atoms in total. The van der Waals surface area contributed by atoms with Crippen molar-refractivity contribution in [2.24, 2.45) is 0 Å². The number of ether oxygens (including phenoxy) is 1. The first kappa shape index (κ1) is 14.3. The van der Waals surface area contributed by atoms with Gasteiger partial charge in [0.05, 0.1) is 41.2 Å². The molecule has 4 rings (SSSR count). The van der Waals surface area contributed by atoms with Gasteiger partial charge in [0.25, 0.3) is 0 Å². The largest absolute Gasteiger partial charge is 0.377 e. The minimum absolute atomic E-state index is 0.229. The number of aromatic nitrogens is 2. The Hall–Kier alpha value is -1.30. The molecule has 0 unspecified atom stereocenters. The molecule has 3 heterocycles. The average molecular weight is 321 g/mol.